The summed E-state index contributed by atoms with van der Waals surface area (Å²) in [5.41, 5.74) is 0.765. The van der Waals surface area contributed by atoms with Gasteiger partial charge < -0.3 is 10.2 Å². The van der Waals surface area contributed by atoms with Crippen molar-refractivity contribution in [1.29, 1.82) is 0 Å². The van der Waals surface area contributed by atoms with E-state index in [1.165, 1.54) is 22.5 Å². The molecule has 0 aliphatic carbocycles. The number of anilines is 1. The van der Waals surface area contributed by atoms with Gasteiger partial charge in [0, 0.05) is 31.9 Å². The molecule has 0 radical (unpaired) electrons. The van der Waals surface area contributed by atoms with E-state index in [2.05, 4.69) is 10.2 Å². The zero-order valence-electron chi connectivity index (χ0n) is 13.9. The predicted molar refractivity (Wildman–Crippen MR) is 105 cm³/mol. The Balaban J connectivity index is 1.72. The minimum atomic E-state index is -3.53. The highest BCUT2D eigenvalue weighted by Crippen LogP contribution is 2.31. The molecular weight excluding hydrogens is 417 g/mol. The molecule has 1 N–H and O–H groups in total. The van der Waals surface area contributed by atoms with Crippen LogP contribution in [0.5, 0.6) is 0 Å². The first-order chi connectivity index (χ1) is 12.3. The second-order valence-electron chi connectivity index (χ2n) is 5.92. The summed E-state index contributed by atoms with van der Waals surface area (Å²) in [7, 11) is -1.56. The Bertz CT molecular complexity index is 905. The molecule has 1 fully saturated rings. The Morgan fingerprint density at radius 2 is 1.73 bits per heavy atom. The summed E-state index contributed by atoms with van der Waals surface area (Å²) in [6.45, 7) is 2.35. The van der Waals surface area contributed by atoms with Gasteiger partial charge >= 0.3 is 0 Å². The zero-order chi connectivity index (χ0) is 18.9. The molecule has 1 aliphatic heterocycles. The van der Waals surface area contributed by atoms with Gasteiger partial charge in [0.1, 0.15) is 4.34 Å². The lowest BCUT2D eigenvalue weighted by atomic mass is 10.3. The van der Waals surface area contributed by atoms with Crippen molar-refractivity contribution < 1.29 is 13.2 Å². The number of likely N-dealkylation sites (N-methyl/N-ethyl adjacent to an activating group) is 1. The zero-order valence-corrected chi connectivity index (χ0v) is 17.1. The summed E-state index contributed by atoms with van der Waals surface area (Å²) in [5, 5.41) is 2.69. The standard InChI is InChI=1S/C16H17Cl2N3O3S2/c1-20-6-8-21(9-7-20)26(23,24)12-4-2-11(3-5-12)19-16(22)13-10-14(17)25-15(13)18/h2-5,10H,6-9H2,1H3,(H,19,22). The first-order valence-electron chi connectivity index (χ1n) is 7.82. The van der Waals surface area contributed by atoms with Crippen molar-refractivity contribution in [2.75, 3.05) is 38.5 Å². The van der Waals surface area contributed by atoms with E-state index in [9.17, 15) is 13.2 Å². The van der Waals surface area contributed by atoms with Gasteiger partial charge in [-0.15, -0.1) is 11.3 Å². The molecule has 1 amide bonds. The highest BCUT2D eigenvalue weighted by Gasteiger charge is 2.27. The highest BCUT2D eigenvalue weighted by molar-refractivity contribution is 7.89. The number of benzene rings is 1. The fraction of sp³-hybridized carbons (Fsp3) is 0.312. The number of hydrogen-bond acceptors (Lipinski definition) is 5. The Morgan fingerprint density at radius 3 is 2.27 bits per heavy atom. The van der Waals surface area contributed by atoms with Crippen molar-refractivity contribution in [3.05, 3.63) is 44.6 Å². The molecule has 1 saturated heterocycles. The molecule has 2 heterocycles. The number of hydrogen-bond donors (Lipinski definition) is 1. The number of amides is 1. The van der Waals surface area contributed by atoms with Crippen molar-refractivity contribution in [2.24, 2.45) is 0 Å². The average molecular weight is 434 g/mol. The van der Waals surface area contributed by atoms with Gasteiger partial charge in [-0.25, -0.2) is 8.42 Å². The number of nitrogens with zero attached hydrogens (tertiary/aromatic N) is 2. The molecular formula is C16H17Cl2N3O3S2. The van der Waals surface area contributed by atoms with Crippen LogP contribution >= 0.6 is 34.5 Å². The highest BCUT2D eigenvalue weighted by atomic mass is 35.5. The van der Waals surface area contributed by atoms with Crippen LogP contribution in [0.1, 0.15) is 10.4 Å². The first-order valence-corrected chi connectivity index (χ1v) is 10.8. The lowest BCUT2D eigenvalue weighted by Crippen LogP contribution is -2.46. The molecule has 1 aromatic heterocycles. The molecule has 2 aromatic rings. The summed E-state index contributed by atoms with van der Waals surface area (Å²) in [6.07, 6.45) is 0. The van der Waals surface area contributed by atoms with Crippen molar-refractivity contribution in [3.63, 3.8) is 0 Å². The van der Waals surface area contributed by atoms with Crippen molar-refractivity contribution in [2.45, 2.75) is 4.90 Å². The number of carbonyl (C=O) groups is 1. The SMILES string of the molecule is CN1CCN(S(=O)(=O)c2ccc(NC(=O)c3cc(Cl)sc3Cl)cc2)CC1. The molecule has 0 bridgehead atoms. The normalized spacial score (nSPS) is 16.6. The molecule has 0 atom stereocenters. The van der Waals surface area contributed by atoms with Gasteiger partial charge in [-0.2, -0.15) is 4.31 Å². The molecule has 0 unspecified atom stereocenters. The first kappa shape index (κ1) is 19.6. The Hall–Kier alpha value is -1.16. The maximum Gasteiger partial charge on any atom is 0.258 e. The van der Waals surface area contributed by atoms with Gasteiger partial charge in [-0.1, -0.05) is 23.2 Å². The van der Waals surface area contributed by atoms with Crippen LogP contribution in [-0.2, 0) is 10.0 Å². The minimum absolute atomic E-state index is 0.205. The molecule has 6 nitrogen and oxygen atoms in total. The average Bonchev–Trinajstić information content (AvgIpc) is 2.94. The second-order valence-corrected chi connectivity index (χ2v) is 10.1. The van der Waals surface area contributed by atoms with Crippen LogP contribution in [0.25, 0.3) is 0 Å². The Morgan fingerprint density at radius 1 is 1.12 bits per heavy atom. The minimum Gasteiger partial charge on any atom is -0.322 e. The molecule has 3 rings (SSSR count). The Labute approximate surface area is 166 Å². The van der Waals surface area contributed by atoms with E-state index >= 15 is 0 Å². The predicted octanol–water partition coefficient (Wildman–Crippen LogP) is 3.24. The van der Waals surface area contributed by atoms with E-state index in [1.807, 2.05) is 7.05 Å². The largest absolute Gasteiger partial charge is 0.322 e. The number of carbonyl (C=O) groups excluding carboxylic acids is 1. The maximum absolute atomic E-state index is 12.7. The summed E-state index contributed by atoms with van der Waals surface area (Å²) >= 11 is 12.9. The number of nitrogens with one attached hydrogen (secondary N) is 1. The van der Waals surface area contributed by atoms with E-state index in [0.29, 0.717) is 40.5 Å². The van der Waals surface area contributed by atoms with Crippen LogP contribution in [-0.4, -0.2) is 56.8 Å². The fourth-order valence-corrected chi connectivity index (χ4v) is 5.46. The number of halogens is 2. The fourth-order valence-electron chi connectivity index (χ4n) is 2.58. The van der Waals surface area contributed by atoms with Gasteiger partial charge in [0.15, 0.2) is 0 Å². The molecule has 26 heavy (non-hydrogen) atoms. The van der Waals surface area contributed by atoms with Crippen molar-refractivity contribution in [3.8, 4) is 0 Å². The lowest BCUT2D eigenvalue weighted by Gasteiger charge is -2.31. The molecule has 140 valence electrons. The van der Waals surface area contributed by atoms with Gasteiger partial charge in [0.05, 0.1) is 14.8 Å². The Kier molecular flexibility index (Phi) is 5.91. The monoisotopic (exact) mass is 433 g/mol. The van der Waals surface area contributed by atoms with Crippen LogP contribution in [0.2, 0.25) is 8.67 Å². The third-order valence-corrected chi connectivity index (χ3v) is 7.51. The third-order valence-electron chi connectivity index (χ3n) is 4.11. The lowest BCUT2D eigenvalue weighted by molar-refractivity contribution is 0.102. The summed E-state index contributed by atoms with van der Waals surface area (Å²) in [4.78, 5) is 14.5. The third kappa shape index (κ3) is 4.21. The molecule has 1 aromatic carbocycles. The number of piperazine rings is 1. The molecule has 10 heteroatoms. The molecule has 0 saturated carbocycles. The second kappa shape index (κ2) is 7.84. The molecule has 0 spiro atoms. The topological polar surface area (TPSA) is 69.7 Å². The maximum atomic E-state index is 12.7. The van der Waals surface area contributed by atoms with E-state index in [1.54, 1.807) is 12.1 Å². The quantitative estimate of drug-likeness (QED) is 0.802. The van der Waals surface area contributed by atoms with E-state index in [-0.39, 0.29) is 10.5 Å². The number of thiophene rings is 1. The summed E-state index contributed by atoms with van der Waals surface area (Å²) in [6, 6.07) is 7.60. The van der Waals surface area contributed by atoms with Gasteiger partial charge in [0.25, 0.3) is 5.91 Å². The van der Waals surface area contributed by atoms with E-state index < -0.39 is 15.9 Å². The van der Waals surface area contributed by atoms with Crippen LogP contribution in [0.3, 0.4) is 0 Å². The van der Waals surface area contributed by atoms with Gasteiger partial charge in [-0.05, 0) is 37.4 Å². The van der Waals surface area contributed by atoms with Crippen LogP contribution in [0.4, 0.5) is 5.69 Å². The summed E-state index contributed by atoms with van der Waals surface area (Å²) in [5.74, 6) is -0.396. The number of sulfonamides is 1. The number of rotatable bonds is 4. The van der Waals surface area contributed by atoms with Crippen molar-refractivity contribution >= 4 is 56.2 Å². The van der Waals surface area contributed by atoms with Crippen molar-refractivity contribution in [1.82, 2.24) is 9.21 Å². The summed E-state index contributed by atoms with van der Waals surface area (Å²) < 4.78 is 27.6. The smallest absolute Gasteiger partial charge is 0.258 e. The van der Waals surface area contributed by atoms with Gasteiger partial charge in [0.2, 0.25) is 10.0 Å². The van der Waals surface area contributed by atoms with Crippen LogP contribution in [0.15, 0.2) is 35.2 Å². The molecule has 1 aliphatic rings. The van der Waals surface area contributed by atoms with E-state index in [0.717, 1.165) is 11.3 Å². The van der Waals surface area contributed by atoms with Crippen LogP contribution < -0.4 is 5.32 Å². The van der Waals surface area contributed by atoms with Gasteiger partial charge in [-0.3, -0.25) is 4.79 Å². The van der Waals surface area contributed by atoms with E-state index in [4.69, 9.17) is 23.2 Å². The van der Waals surface area contributed by atoms with Crippen LogP contribution in [0, 0.1) is 0 Å².